The molecule has 0 aliphatic heterocycles. The van der Waals surface area contributed by atoms with Crippen molar-refractivity contribution in [1.82, 2.24) is 10.2 Å². The number of hydrogen-bond donors (Lipinski definition) is 2. The molecule has 0 spiro atoms. The molecule has 0 saturated carbocycles. The van der Waals surface area contributed by atoms with E-state index in [-0.39, 0.29) is 25.0 Å². The number of likely N-dealkylation sites (N-methyl/N-ethyl adjacent to an activating group) is 1. The van der Waals surface area contributed by atoms with E-state index in [4.69, 9.17) is 10.5 Å². The van der Waals surface area contributed by atoms with Gasteiger partial charge in [-0.25, -0.2) is 0 Å². The third-order valence-corrected chi connectivity index (χ3v) is 1.60. The van der Waals surface area contributed by atoms with Crippen molar-refractivity contribution in [2.45, 2.75) is 6.04 Å². The second kappa shape index (κ2) is 6.33. The molecule has 0 saturated heterocycles. The van der Waals surface area contributed by atoms with E-state index >= 15 is 0 Å². The van der Waals surface area contributed by atoms with E-state index in [1.54, 1.807) is 14.1 Å². The molecule has 0 rings (SSSR count). The predicted octanol–water partition coefficient (Wildman–Crippen LogP) is -1.84. The Morgan fingerprint density at radius 2 is 2.07 bits per heavy atom. The number of ether oxygens (including phenoxy) is 1. The number of rotatable bonds is 5. The molecule has 1 unspecified atom stereocenters. The van der Waals surface area contributed by atoms with Gasteiger partial charge in [0.2, 0.25) is 11.8 Å². The van der Waals surface area contributed by atoms with Crippen LogP contribution >= 0.6 is 0 Å². The highest BCUT2D eigenvalue weighted by Crippen LogP contribution is 1.81. The fraction of sp³-hybridized carbons (Fsp3) is 0.750. The summed E-state index contributed by atoms with van der Waals surface area (Å²) in [5, 5.41) is 2.41. The molecule has 6 heteroatoms. The zero-order chi connectivity index (χ0) is 11.1. The molecule has 0 aromatic rings. The van der Waals surface area contributed by atoms with Crippen molar-refractivity contribution in [2.24, 2.45) is 5.73 Å². The van der Waals surface area contributed by atoms with Gasteiger partial charge in [-0.15, -0.1) is 0 Å². The number of amides is 2. The van der Waals surface area contributed by atoms with Gasteiger partial charge in [0.05, 0.1) is 13.2 Å². The van der Waals surface area contributed by atoms with Gasteiger partial charge >= 0.3 is 0 Å². The lowest BCUT2D eigenvalue weighted by Gasteiger charge is -2.13. The molecular formula is C8H17N3O3. The quantitative estimate of drug-likeness (QED) is 0.550. The summed E-state index contributed by atoms with van der Waals surface area (Å²) in [5.41, 5.74) is 5.43. The Kier molecular flexibility index (Phi) is 5.82. The minimum atomic E-state index is -0.727. The summed E-state index contributed by atoms with van der Waals surface area (Å²) in [5.74, 6) is -0.565. The Balaban J connectivity index is 3.79. The lowest BCUT2D eigenvalue weighted by molar-refractivity contribution is -0.131. The zero-order valence-electron chi connectivity index (χ0n) is 8.74. The Morgan fingerprint density at radius 3 is 2.50 bits per heavy atom. The van der Waals surface area contributed by atoms with E-state index in [0.29, 0.717) is 0 Å². The highest BCUT2D eigenvalue weighted by Gasteiger charge is 2.14. The molecule has 3 N–H and O–H groups in total. The summed E-state index contributed by atoms with van der Waals surface area (Å²) in [6, 6.07) is -0.727. The standard InChI is InChI=1S/C8H17N3O3/c1-11(2)7(12)4-10-8(13)6(9)5-14-3/h6H,4-5,9H2,1-3H3,(H,10,13). The van der Waals surface area contributed by atoms with Gasteiger partial charge in [0.1, 0.15) is 6.04 Å². The van der Waals surface area contributed by atoms with Crippen molar-refractivity contribution >= 4 is 11.8 Å². The van der Waals surface area contributed by atoms with Gasteiger partial charge in [0, 0.05) is 21.2 Å². The zero-order valence-corrected chi connectivity index (χ0v) is 8.74. The number of carbonyl (C=O) groups is 2. The van der Waals surface area contributed by atoms with Gasteiger partial charge in [0.15, 0.2) is 0 Å². The van der Waals surface area contributed by atoms with Gasteiger partial charge in [-0.3, -0.25) is 9.59 Å². The maximum absolute atomic E-state index is 11.2. The van der Waals surface area contributed by atoms with Crippen molar-refractivity contribution in [2.75, 3.05) is 34.4 Å². The van der Waals surface area contributed by atoms with Gasteiger partial charge in [-0.05, 0) is 0 Å². The van der Waals surface area contributed by atoms with E-state index in [1.807, 2.05) is 0 Å². The lowest BCUT2D eigenvalue weighted by atomic mass is 10.3. The molecule has 0 bridgehead atoms. The fourth-order valence-corrected chi connectivity index (χ4v) is 0.707. The van der Waals surface area contributed by atoms with Crippen LogP contribution in [0.4, 0.5) is 0 Å². The van der Waals surface area contributed by atoms with Gasteiger partial charge < -0.3 is 20.7 Å². The van der Waals surface area contributed by atoms with E-state index in [0.717, 1.165) is 0 Å². The van der Waals surface area contributed by atoms with Crippen LogP contribution in [-0.2, 0) is 14.3 Å². The number of hydrogen-bond acceptors (Lipinski definition) is 4. The highest BCUT2D eigenvalue weighted by molar-refractivity contribution is 5.87. The summed E-state index contributed by atoms with van der Waals surface area (Å²) in [6.45, 7) is 0.102. The van der Waals surface area contributed by atoms with Crippen LogP contribution in [0.25, 0.3) is 0 Å². The van der Waals surface area contributed by atoms with Crippen LogP contribution in [0.3, 0.4) is 0 Å². The molecule has 0 heterocycles. The van der Waals surface area contributed by atoms with Gasteiger partial charge in [-0.1, -0.05) is 0 Å². The van der Waals surface area contributed by atoms with Crippen LogP contribution in [0.5, 0.6) is 0 Å². The van der Waals surface area contributed by atoms with Crippen LogP contribution in [-0.4, -0.2) is 57.1 Å². The molecule has 6 nitrogen and oxygen atoms in total. The molecule has 0 aromatic carbocycles. The summed E-state index contributed by atoms with van der Waals surface area (Å²) >= 11 is 0. The van der Waals surface area contributed by atoms with Crippen molar-refractivity contribution in [3.05, 3.63) is 0 Å². The van der Waals surface area contributed by atoms with E-state index in [9.17, 15) is 9.59 Å². The van der Waals surface area contributed by atoms with Crippen LogP contribution in [0.1, 0.15) is 0 Å². The van der Waals surface area contributed by atoms with Crippen LogP contribution in [0.2, 0.25) is 0 Å². The lowest BCUT2D eigenvalue weighted by Crippen LogP contribution is -2.46. The van der Waals surface area contributed by atoms with E-state index in [2.05, 4.69) is 5.32 Å². The minimum Gasteiger partial charge on any atom is -0.383 e. The number of methoxy groups -OCH3 is 1. The number of carbonyl (C=O) groups excluding carboxylic acids is 2. The van der Waals surface area contributed by atoms with Crippen molar-refractivity contribution in [3.63, 3.8) is 0 Å². The Hall–Kier alpha value is -1.14. The monoisotopic (exact) mass is 203 g/mol. The second-order valence-corrected chi connectivity index (χ2v) is 3.07. The van der Waals surface area contributed by atoms with Gasteiger partial charge in [0.25, 0.3) is 0 Å². The molecule has 0 radical (unpaired) electrons. The first kappa shape index (κ1) is 12.9. The maximum Gasteiger partial charge on any atom is 0.241 e. The minimum absolute atomic E-state index is 0.0384. The van der Waals surface area contributed by atoms with Crippen LogP contribution in [0, 0.1) is 0 Å². The molecule has 0 aromatic heterocycles. The largest absolute Gasteiger partial charge is 0.383 e. The van der Waals surface area contributed by atoms with Gasteiger partial charge in [-0.2, -0.15) is 0 Å². The topological polar surface area (TPSA) is 84.7 Å². The highest BCUT2D eigenvalue weighted by atomic mass is 16.5. The first-order valence-corrected chi connectivity index (χ1v) is 4.21. The summed E-state index contributed by atoms with van der Waals surface area (Å²) < 4.78 is 4.70. The summed E-state index contributed by atoms with van der Waals surface area (Å²) in [7, 11) is 4.69. The molecular weight excluding hydrogens is 186 g/mol. The van der Waals surface area contributed by atoms with E-state index in [1.165, 1.54) is 12.0 Å². The molecule has 0 aliphatic rings. The van der Waals surface area contributed by atoms with Crippen LogP contribution in [0.15, 0.2) is 0 Å². The molecule has 2 amide bonds. The number of nitrogens with one attached hydrogen (secondary N) is 1. The number of nitrogens with zero attached hydrogens (tertiary/aromatic N) is 1. The van der Waals surface area contributed by atoms with E-state index < -0.39 is 6.04 Å². The third kappa shape index (κ3) is 4.78. The maximum atomic E-state index is 11.2. The Bertz CT molecular complexity index is 206. The molecule has 0 fully saturated rings. The molecule has 82 valence electrons. The van der Waals surface area contributed by atoms with Crippen molar-refractivity contribution < 1.29 is 14.3 Å². The second-order valence-electron chi connectivity index (χ2n) is 3.07. The third-order valence-electron chi connectivity index (χ3n) is 1.60. The van der Waals surface area contributed by atoms with Crippen LogP contribution < -0.4 is 11.1 Å². The molecule has 0 aliphatic carbocycles. The summed E-state index contributed by atoms with van der Waals surface area (Å²) in [4.78, 5) is 23.6. The Labute approximate surface area is 83.4 Å². The van der Waals surface area contributed by atoms with Crippen molar-refractivity contribution in [1.29, 1.82) is 0 Å². The fourth-order valence-electron chi connectivity index (χ4n) is 0.707. The first-order valence-electron chi connectivity index (χ1n) is 4.21. The SMILES string of the molecule is COCC(N)C(=O)NCC(=O)N(C)C. The summed E-state index contributed by atoms with van der Waals surface area (Å²) in [6.07, 6.45) is 0. The average Bonchev–Trinajstić information content (AvgIpc) is 2.13. The normalized spacial score (nSPS) is 12.0. The smallest absolute Gasteiger partial charge is 0.241 e. The molecule has 14 heavy (non-hydrogen) atoms. The van der Waals surface area contributed by atoms with Crippen molar-refractivity contribution in [3.8, 4) is 0 Å². The first-order chi connectivity index (χ1) is 6.49. The Morgan fingerprint density at radius 1 is 1.50 bits per heavy atom. The predicted molar refractivity (Wildman–Crippen MR) is 51.6 cm³/mol. The number of nitrogens with two attached hydrogens (primary N) is 1. The average molecular weight is 203 g/mol. The molecule has 1 atom stereocenters.